The maximum atomic E-state index is 13.2. The number of nitrogens with zero attached hydrogens (tertiary/aromatic N) is 1. The second-order valence-electron chi connectivity index (χ2n) is 7.62. The molecule has 3 aromatic carbocycles. The zero-order valence-corrected chi connectivity index (χ0v) is 18.0. The van der Waals surface area contributed by atoms with Gasteiger partial charge in [0.05, 0.1) is 17.3 Å². The average molecular weight is 458 g/mol. The van der Waals surface area contributed by atoms with Crippen molar-refractivity contribution in [2.24, 2.45) is 5.10 Å². The molecule has 148 valence electrons. The number of rotatable bonds is 3. The summed E-state index contributed by atoms with van der Waals surface area (Å²) in [5, 5.41) is 5.63. The maximum absolute atomic E-state index is 13.2. The lowest BCUT2D eigenvalue weighted by Gasteiger charge is -2.14. The largest absolute Gasteiger partial charge is 0.321 e. The van der Waals surface area contributed by atoms with Crippen LogP contribution in [-0.4, -0.2) is 10.7 Å². The van der Waals surface area contributed by atoms with E-state index < -0.39 is 0 Å². The van der Waals surface area contributed by atoms with Gasteiger partial charge in [0, 0.05) is 27.4 Å². The number of halogens is 1. The maximum Gasteiger partial charge on any atom is 0.258 e. The van der Waals surface area contributed by atoms with E-state index in [9.17, 15) is 4.79 Å². The van der Waals surface area contributed by atoms with Crippen molar-refractivity contribution in [3.05, 3.63) is 104 Å². The van der Waals surface area contributed by atoms with Crippen molar-refractivity contribution in [1.29, 1.82) is 0 Å². The molecule has 1 atom stereocenters. The van der Waals surface area contributed by atoms with Crippen molar-refractivity contribution in [3.63, 3.8) is 0 Å². The quantitative estimate of drug-likeness (QED) is 0.414. The molecule has 0 aliphatic carbocycles. The van der Waals surface area contributed by atoms with Gasteiger partial charge in [0.1, 0.15) is 0 Å². The number of aromatic nitrogens is 1. The van der Waals surface area contributed by atoms with E-state index in [0.717, 1.165) is 43.3 Å². The van der Waals surface area contributed by atoms with Gasteiger partial charge in [-0.15, -0.1) is 0 Å². The van der Waals surface area contributed by atoms with Gasteiger partial charge in [0.2, 0.25) is 0 Å². The Morgan fingerprint density at radius 1 is 0.967 bits per heavy atom. The molecule has 1 aliphatic heterocycles. The first-order valence-corrected chi connectivity index (χ1v) is 10.7. The molecule has 5 heteroatoms. The Labute approximate surface area is 182 Å². The normalized spacial score (nSPS) is 15.8. The van der Waals surface area contributed by atoms with Crippen molar-refractivity contribution < 1.29 is 0 Å². The van der Waals surface area contributed by atoms with Crippen LogP contribution in [0.25, 0.3) is 22.0 Å². The minimum absolute atomic E-state index is 0.0457. The van der Waals surface area contributed by atoms with E-state index in [1.165, 1.54) is 0 Å². The van der Waals surface area contributed by atoms with Gasteiger partial charge < -0.3 is 10.4 Å². The molecule has 1 aromatic heterocycles. The molecule has 0 saturated carbocycles. The molecule has 2 heterocycles. The van der Waals surface area contributed by atoms with Crippen LogP contribution in [0.2, 0.25) is 0 Å². The van der Waals surface area contributed by atoms with E-state index in [2.05, 4.69) is 68.7 Å². The van der Waals surface area contributed by atoms with Crippen molar-refractivity contribution >= 4 is 32.5 Å². The van der Waals surface area contributed by atoms with Gasteiger partial charge in [0.25, 0.3) is 5.56 Å². The number of hydrogen-bond donors (Lipinski definition) is 2. The SMILES string of the molecule is Cc1ccc2[nH]c(=O)c(C3=NN[C@@H](c4ccc(Br)cc4)C3)c(-c3ccccc3)c2c1. The second kappa shape index (κ2) is 7.58. The van der Waals surface area contributed by atoms with Gasteiger partial charge >= 0.3 is 0 Å². The Morgan fingerprint density at radius 3 is 2.50 bits per heavy atom. The summed E-state index contributed by atoms with van der Waals surface area (Å²) in [5.74, 6) is 0. The molecule has 1 aliphatic rings. The molecule has 4 aromatic rings. The van der Waals surface area contributed by atoms with Gasteiger partial charge in [-0.2, -0.15) is 5.10 Å². The summed E-state index contributed by atoms with van der Waals surface area (Å²) in [6.45, 7) is 2.07. The molecular weight excluding hydrogens is 438 g/mol. The summed E-state index contributed by atoms with van der Waals surface area (Å²) < 4.78 is 1.04. The summed E-state index contributed by atoms with van der Waals surface area (Å²) in [5.41, 5.74) is 9.63. The molecule has 0 bridgehead atoms. The highest BCUT2D eigenvalue weighted by Gasteiger charge is 2.26. The fraction of sp³-hybridized carbons (Fsp3) is 0.120. The topological polar surface area (TPSA) is 57.2 Å². The molecule has 0 spiro atoms. The number of hydrogen-bond acceptors (Lipinski definition) is 3. The predicted molar refractivity (Wildman–Crippen MR) is 126 cm³/mol. The lowest BCUT2D eigenvalue weighted by atomic mass is 9.91. The zero-order chi connectivity index (χ0) is 20.7. The fourth-order valence-electron chi connectivity index (χ4n) is 4.07. The monoisotopic (exact) mass is 457 g/mol. The number of nitrogens with one attached hydrogen (secondary N) is 2. The zero-order valence-electron chi connectivity index (χ0n) is 16.4. The molecular formula is C25H20BrN3O. The molecule has 5 rings (SSSR count). The molecule has 0 amide bonds. The van der Waals surface area contributed by atoms with Crippen molar-refractivity contribution in [2.75, 3.05) is 0 Å². The van der Waals surface area contributed by atoms with Gasteiger partial charge in [-0.3, -0.25) is 4.79 Å². The Bertz CT molecular complexity index is 1320. The highest BCUT2D eigenvalue weighted by Crippen LogP contribution is 2.33. The Kier molecular flexibility index (Phi) is 4.75. The number of H-pyrrole nitrogens is 1. The third-order valence-electron chi connectivity index (χ3n) is 5.55. The summed E-state index contributed by atoms with van der Waals surface area (Å²) in [4.78, 5) is 16.3. The van der Waals surface area contributed by atoms with Gasteiger partial charge in [-0.1, -0.05) is 70.0 Å². The smallest absolute Gasteiger partial charge is 0.258 e. The Hall–Kier alpha value is -3.18. The first-order chi connectivity index (χ1) is 14.6. The number of benzene rings is 3. The van der Waals surface area contributed by atoms with Crippen molar-refractivity contribution in [3.8, 4) is 11.1 Å². The Balaban J connectivity index is 1.67. The summed E-state index contributed by atoms with van der Waals surface area (Å²) in [6, 6.07) is 24.5. The van der Waals surface area contributed by atoms with Crippen LogP contribution in [0.4, 0.5) is 0 Å². The lowest BCUT2D eigenvalue weighted by Crippen LogP contribution is -2.20. The van der Waals surface area contributed by atoms with Crippen LogP contribution in [0.3, 0.4) is 0 Å². The number of fused-ring (bicyclic) bond motifs is 1. The van der Waals surface area contributed by atoms with E-state index in [-0.39, 0.29) is 11.6 Å². The number of aromatic amines is 1. The summed E-state index contributed by atoms with van der Waals surface area (Å²) in [6.07, 6.45) is 0.655. The van der Waals surface area contributed by atoms with Crippen molar-refractivity contribution in [1.82, 2.24) is 10.4 Å². The standard InChI is InChI=1S/C25H20BrN3O/c1-15-7-12-20-19(13-15)23(17-5-3-2-4-6-17)24(25(30)27-20)22-14-21(28-29-22)16-8-10-18(26)11-9-16/h2-13,21,28H,14H2,1H3,(H,27,30)/t21-/m1/s1. The fourth-order valence-corrected chi connectivity index (χ4v) is 4.34. The third-order valence-corrected chi connectivity index (χ3v) is 6.07. The highest BCUT2D eigenvalue weighted by molar-refractivity contribution is 9.10. The average Bonchev–Trinajstić information content (AvgIpc) is 3.24. The van der Waals surface area contributed by atoms with Gasteiger partial charge in [0.15, 0.2) is 0 Å². The number of pyridine rings is 1. The first kappa shape index (κ1) is 18.8. The van der Waals surface area contributed by atoms with Gasteiger partial charge in [-0.05, 0) is 42.3 Å². The minimum atomic E-state index is -0.109. The van der Waals surface area contributed by atoms with Crippen LogP contribution < -0.4 is 11.0 Å². The van der Waals surface area contributed by atoms with Crippen LogP contribution in [0.15, 0.2) is 87.2 Å². The highest BCUT2D eigenvalue weighted by atomic mass is 79.9. The lowest BCUT2D eigenvalue weighted by molar-refractivity contribution is 0.620. The molecule has 0 saturated heterocycles. The molecule has 2 N–H and O–H groups in total. The van der Waals surface area contributed by atoms with E-state index >= 15 is 0 Å². The van der Waals surface area contributed by atoms with Crippen LogP contribution in [0.1, 0.15) is 29.2 Å². The third kappa shape index (κ3) is 3.35. The van der Waals surface area contributed by atoms with E-state index in [1.807, 2.05) is 42.5 Å². The van der Waals surface area contributed by atoms with Crippen LogP contribution in [0, 0.1) is 6.92 Å². The van der Waals surface area contributed by atoms with Crippen molar-refractivity contribution in [2.45, 2.75) is 19.4 Å². The van der Waals surface area contributed by atoms with E-state index in [4.69, 9.17) is 0 Å². The van der Waals surface area contributed by atoms with Crippen LogP contribution in [-0.2, 0) is 0 Å². The molecule has 0 fully saturated rings. The Morgan fingerprint density at radius 2 is 1.73 bits per heavy atom. The first-order valence-electron chi connectivity index (χ1n) is 9.90. The number of hydrazone groups is 1. The number of aryl methyl sites for hydroxylation is 1. The molecule has 0 radical (unpaired) electrons. The summed E-state index contributed by atoms with van der Waals surface area (Å²) in [7, 11) is 0. The van der Waals surface area contributed by atoms with E-state index in [0.29, 0.717) is 12.0 Å². The predicted octanol–water partition coefficient (Wildman–Crippen LogP) is 5.70. The summed E-state index contributed by atoms with van der Waals surface area (Å²) >= 11 is 3.48. The minimum Gasteiger partial charge on any atom is -0.321 e. The van der Waals surface area contributed by atoms with Crippen LogP contribution >= 0.6 is 15.9 Å². The molecule has 30 heavy (non-hydrogen) atoms. The molecule has 4 nitrogen and oxygen atoms in total. The van der Waals surface area contributed by atoms with E-state index in [1.54, 1.807) is 0 Å². The van der Waals surface area contributed by atoms with Crippen LogP contribution in [0.5, 0.6) is 0 Å². The van der Waals surface area contributed by atoms with Gasteiger partial charge in [-0.25, -0.2) is 0 Å². The second-order valence-corrected chi connectivity index (χ2v) is 8.53. The molecule has 0 unspecified atom stereocenters.